The monoisotopic (exact) mass is 188 g/mol. The van der Waals surface area contributed by atoms with Gasteiger partial charge in [-0.1, -0.05) is 0 Å². The first-order chi connectivity index (χ1) is 2.00. The Bertz CT molecular complexity index is 62.2. The maximum atomic E-state index is 8.55. The molecule has 0 atom stereocenters. The van der Waals surface area contributed by atoms with E-state index < -0.39 is 7.82 Å². The number of quaternary nitrogens is 1. The van der Waals surface area contributed by atoms with Gasteiger partial charge in [-0.15, -0.1) is 0 Å². The van der Waals surface area contributed by atoms with Crippen molar-refractivity contribution < 1.29 is 41.0 Å². The van der Waals surface area contributed by atoms with Crippen LogP contribution in [0.15, 0.2) is 0 Å². The molecule has 0 aliphatic rings. The summed E-state index contributed by atoms with van der Waals surface area (Å²) in [5, 5.41) is 0. The quantitative estimate of drug-likeness (QED) is 0.300. The second kappa shape index (κ2) is 7.52. The molecule has 0 amide bonds. The first-order valence-corrected chi connectivity index (χ1v) is 2.19. The van der Waals surface area contributed by atoms with Gasteiger partial charge in [0.2, 0.25) is 0 Å². The van der Waals surface area contributed by atoms with Gasteiger partial charge in [0.25, 0.3) is 0 Å². The molecular weight excluding hydrogens is 184 g/mol. The Morgan fingerprint density at radius 1 is 1.12 bits per heavy atom. The Morgan fingerprint density at radius 2 is 1.12 bits per heavy atom. The molecule has 0 heterocycles. The molecule has 5 nitrogen and oxygen atoms in total. The Kier molecular flexibility index (Phi) is 22.2. The third-order valence-corrected chi connectivity index (χ3v) is 0. The van der Waals surface area contributed by atoms with Crippen LogP contribution in [-0.4, -0.2) is 0 Å². The zero-order valence-electron chi connectivity index (χ0n) is 3.81. The van der Waals surface area contributed by atoms with Crippen LogP contribution >= 0.6 is 7.82 Å². The number of hydrogen-bond acceptors (Lipinski definition) is 4. The van der Waals surface area contributed by atoms with Crippen molar-refractivity contribution in [3.8, 4) is 0 Å². The summed E-state index contributed by atoms with van der Waals surface area (Å²) in [4.78, 5) is 25.6. The van der Waals surface area contributed by atoms with Gasteiger partial charge in [0, 0.05) is 0 Å². The fourth-order valence-corrected chi connectivity index (χ4v) is 0. The summed E-state index contributed by atoms with van der Waals surface area (Å²) in [5.74, 6) is 0. The first kappa shape index (κ1) is 23.6. The number of hydrogen-bond donors (Lipinski definition) is 1. The fraction of sp³-hybridized carbons (Fsp3) is 0. The van der Waals surface area contributed by atoms with Crippen LogP contribution in [-0.2, 0) is 21.6 Å². The van der Waals surface area contributed by atoms with Crippen molar-refractivity contribution in [3.63, 3.8) is 0 Å². The Morgan fingerprint density at radius 3 is 1.12 bits per heavy atom. The number of halogens is 1. The minimum absolute atomic E-state index is 0. The maximum Gasteiger partial charge on any atom is 2.00 e. The van der Waals surface area contributed by atoms with Crippen molar-refractivity contribution in [2.45, 2.75) is 0 Å². The van der Waals surface area contributed by atoms with Crippen LogP contribution < -0.4 is 25.5 Å². The molecule has 0 saturated heterocycles. The molecule has 0 rings (SSSR count). The smallest absolute Gasteiger partial charge is 1.00 e. The van der Waals surface area contributed by atoms with E-state index in [0.717, 1.165) is 0 Å². The standard InChI is InChI=1S/FH.Fe.H3N.H3O4P/c;;;1-5(2,3)4/h1H;;1H3;(H3,1,2,3,4)/q;+2;;/p-3. The molecule has 0 aliphatic heterocycles. The topological polar surface area (TPSA) is 123 Å². The van der Waals surface area contributed by atoms with Gasteiger partial charge in [-0.3, -0.25) is 0 Å². The molecule has 54 valence electrons. The summed E-state index contributed by atoms with van der Waals surface area (Å²) in [7, 11) is -5.39. The molecule has 0 aliphatic carbocycles. The molecule has 8 heteroatoms. The van der Waals surface area contributed by atoms with Crippen molar-refractivity contribution in [2.24, 2.45) is 0 Å². The van der Waals surface area contributed by atoms with Crippen LogP contribution in [0.5, 0.6) is 0 Å². The summed E-state index contributed by atoms with van der Waals surface area (Å²) >= 11 is 0. The normalized spacial score (nSPS) is 7.38. The second-order valence-electron chi connectivity index (χ2n) is 0.447. The van der Waals surface area contributed by atoms with Crippen LogP contribution in [0.2, 0.25) is 0 Å². The largest absolute Gasteiger partial charge is 2.00 e. The van der Waals surface area contributed by atoms with Gasteiger partial charge in [-0.05, 0) is 0 Å². The molecule has 0 saturated carbocycles. The molecule has 4 N–H and O–H groups in total. The first-order valence-electron chi connectivity index (χ1n) is 0.730. The molecule has 8 heavy (non-hydrogen) atoms. The molecule has 0 unspecified atom stereocenters. The summed E-state index contributed by atoms with van der Waals surface area (Å²) < 4.78 is 8.55. The van der Waals surface area contributed by atoms with E-state index in [9.17, 15) is 0 Å². The summed E-state index contributed by atoms with van der Waals surface area (Å²) in [6.45, 7) is 0. The van der Waals surface area contributed by atoms with Crippen LogP contribution in [0.4, 0.5) is 0 Å². The number of rotatable bonds is 0. The molecule has 0 aromatic rings. The zero-order valence-corrected chi connectivity index (χ0v) is 5.81. The van der Waals surface area contributed by atoms with Crippen LogP contribution in [0.1, 0.15) is 0 Å². The molecule has 0 fully saturated rings. The second-order valence-corrected chi connectivity index (χ2v) is 1.34. The average Bonchev–Trinajstić information content (AvgIpc) is 0.722. The van der Waals surface area contributed by atoms with E-state index >= 15 is 0 Å². The summed E-state index contributed by atoms with van der Waals surface area (Å²) in [6.07, 6.45) is 0. The van der Waals surface area contributed by atoms with Crippen molar-refractivity contribution in [1.29, 1.82) is 0 Å². The van der Waals surface area contributed by atoms with Gasteiger partial charge in [0.15, 0.2) is 0 Å². The fourth-order valence-electron chi connectivity index (χ4n) is 0. The third kappa shape index (κ3) is 736. The number of phosphoric acid groups is 1. The minimum atomic E-state index is -5.39. The van der Waals surface area contributed by atoms with E-state index in [-0.39, 0.29) is 27.9 Å². The van der Waals surface area contributed by atoms with Crippen LogP contribution in [0, 0.1) is 0 Å². The van der Waals surface area contributed by atoms with E-state index in [0.29, 0.717) is 0 Å². The van der Waals surface area contributed by atoms with Crippen molar-refractivity contribution in [2.75, 3.05) is 0 Å². The summed E-state index contributed by atoms with van der Waals surface area (Å²) in [5.41, 5.74) is 0. The predicted molar refractivity (Wildman–Crippen MR) is 13.6 cm³/mol. The van der Waals surface area contributed by atoms with E-state index in [1.54, 1.807) is 0 Å². The molecule has 0 bridgehead atoms. The Labute approximate surface area is 55.8 Å². The van der Waals surface area contributed by atoms with Gasteiger partial charge >= 0.3 is 17.1 Å². The van der Waals surface area contributed by atoms with E-state index in [2.05, 4.69) is 0 Å². The van der Waals surface area contributed by atoms with E-state index in [1.807, 2.05) is 0 Å². The third-order valence-electron chi connectivity index (χ3n) is 0. The zero-order chi connectivity index (χ0) is 4.50. The molecule has 0 aromatic carbocycles. The molecule has 0 aromatic heterocycles. The van der Waals surface area contributed by atoms with Crippen LogP contribution in [0.25, 0.3) is 0 Å². The van der Waals surface area contributed by atoms with Crippen LogP contribution in [0.3, 0.4) is 0 Å². The van der Waals surface area contributed by atoms with Gasteiger partial charge in [-0.25, -0.2) is 0 Å². The predicted octanol–water partition coefficient (Wildman–Crippen LogP) is -5.45. The Balaban J connectivity index is -0.0000000267. The Hall–Kier alpha value is 0.519. The molecule has 0 radical (unpaired) electrons. The van der Waals surface area contributed by atoms with Gasteiger partial charge in [-0.2, -0.15) is 7.82 Å². The van der Waals surface area contributed by atoms with Gasteiger partial charge in [0.1, 0.15) is 0 Å². The van der Waals surface area contributed by atoms with E-state index in [1.165, 1.54) is 0 Å². The summed E-state index contributed by atoms with van der Waals surface area (Å²) in [6, 6.07) is 0. The van der Waals surface area contributed by atoms with E-state index in [4.69, 9.17) is 19.2 Å². The van der Waals surface area contributed by atoms with Crippen molar-refractivity contribution in [1.82, 2.24) is 6.15 Å². The minimum Gasteiger partial charge on any atom is -1.00 e. The van der Waals surface area contributed by atoms with Crippen molar-refractivity contribution >= 4 is 7.82 Å². The SMILES string of the molecule is O=P([O-])([O-])[O-].[F-].[Fe+2].[NH4+]. The average molecular weight is 188 g/mol. The molecule has 0 spiro atoms. The van der Waals surface area contributed by atoms with Crippen molar-refractivity contribution in [3.05, 3.63) is 0 Å². The maximum absolute atomic E-state index is 8.55. The van der Waals surface area contributed by atoms with Gasteiger partial charge in [0.05, 0.1) is 0 Å². The molecular formula is H4FFeNO4P-. The van der Waals surface area contributed by atoms with Gasteiger partial charge < -0.3 is 30.1 Å².